The van der Waals surface area contributed by atoms with Gasteiger partial charge in [0.2, 0.25) is 0 Å². The molecule has 0 saturated heterocycles. The van der Waals surface area contributed by atoms with Crippen molar-refractivity contribution in [3.05, 3.63) is 46.4 Å². The highest BCUT2D eigenvalue weighted by Crippen LogP contribution is 2.35. The molecule has 3 nitrogen and oxygen atoms in total. The molecule has 0 spiro atoms. The first-order valence-corrected chi connectivity index (χ1v) is 6.72. The highest BCUT2D eigenvalue weighted by atomic mass is 79.9. The monoisotopic (exact) mass is 360 g/mol. The molecule has 0 heterocycles. The average Bonchev–Trinajstić information content (AvgIpc) is 2.35. The zero-order valence-electron chi connectivity index (χ0n) is 11.0. The number of nitrogen functional groups attached to an aromatic ring is 1. The molecule has 0 aromatic heterocycles. The topological polar surface area (TPSA) is 47.3 Å². The largest absolute Gasteiger partial charge is 0.573 e. The van der Waals surface area contributed by atoms with Crippen LogP contribution in [0.15, 0.2) is 40.9 Å². The van der Waals surface area contributed by atoms with Gasteiger partial charge in [0.1, 0.15) is 0 Å². The molecule has 3 N–H and O–H groups in total. The number of aryl methyl sites for hydroxylation is 1. The molecule has 112 valence electrons. The van der Waals surface area contributed by atoms with Crippen LogP contribution in [-0.4, -0.2) is 6.36 Å². The molecule has 0 amide bonds. The van der Waals surface area contributed by atoms with Crippen LogP contribution in [-0.2, 0) is 0 Å². The Labute approximate surface area is 128 Å². The van der Waals surface area contributed by atoms with E-state index in [1.165, 1.54) is 12.1 Å². The maximum atomic E-state index is 12.4. The van der Waals surface area contributed by atoms with Crippen molar-refractivity contribution in [1.82, 2.24) is 0 Å². The minimum atomic E-state index is -4.76. The van der Waals surface area contributed by atoms with Gasteiger partial charge in [-0.3, -0.25) is 0 Å². The van der Waals surface area contributed by atoms with Crippen LogP contribution in [0.5, 0.6) is 5.75 Å². The minimum absolute atomic E-state index is 0.208. The number of hydrogen-bond acceptors (Lipinski definition) is 3. The van der Waals surface area contributed by atoms with E-state index >= 15 is 0 Å². The first kappa shape index (κ1) is 15.5. The quantitative estimate of drug-likeness (QED) is 0.758. The Morgan fingerprint density at radius 1 is 1.14 bits per heavy atom. The Kier molecular flexibility index (Phi) is 4.32. The fourth-order valence-corrected chi connectivity index (χ4v) is 2.06. The van der Waals surface area contributed by atoms with Crippen molar-refractivity contribution in [3.63, 3.8) is 0 Å². The molecule has 0 aliphatic rings. The Balaban J connectivity index is 2.32. The second-order valence-corrected chi connectivity index (χ2v) is 5.30. The lowest BCUT2D eigenvalue weighted by molar-refractivity contribution is -0.274. The first-order chi connectivity index (χ1) is 9.74. The molecule has 0 saturated carbocycles. The summed E-state index contributed by atoms with van der Waals surface area (Å²) in [5, 5.41) is 2.89. The Morgan fingerprint density at radius 2 is 1.86 bits per heavy atom. The Morgan fingerprint density at radius 3 is 2.48 bits per heavy atom. The third kappa shape index (κ3) is 4.29. The molecule has 2 aromatic carbocycles. The summed E-state index contributed by atoms with van der Waals surface area (Å²) in [7, 11) is 0. The van der Waals surface area contributed by atoms with Crippen LogP contribution >= 0.6 is 15.9 Å². The van der Waals surface area contributed by atoms with E-state index in [2.05, 4.69) is 26.0 Å². The maximum absolute atomic E-state index is 12.4. The summed E-state index contributed by atoms with van der Waals surface area (Å²) >= 11 is 3.12. The molecule has 21 heavy (non-hydrogen) atoms. The van der Waals surface area contributed by atoms with Gasteiger partial charge in [-0.25, -0.2) is 0 Å². The van der Waals surface area contributed by atoms with Gasteiger partial charge in [-0.1, -0.05) is 15.9 Å². The SMILES string of the molecule is Cc1cc(Nc2ccc(Br)cc2OC(F)(F)F)ccc1N. The number of hydrogen-bond donors (Lipinski definition) is 2. The lowest BCUT2D eigenvalue weighted by Crippen LogP contribution is -2.18. The van der Waals surface area contributed by atoms with Gasteiger partial charge in [0, 0.05) is 15.8 Å². The number of rotatable bonds is 3. The number of benzene rings is 2. The summed E-state index contributed by atoms with van der Waals surface area (Å²) in [5.41, 5.74) is 7.98. The first-order valence-electron chi connectivity index (χ1n) is 5.93. The number of alkyl halides is 3. The smallest absolute Gasteiger partial charge is 0.404 e. The van der Waals surface area contributed by atoms with Crippen LogP contribution in [0.25, 0.3) is 0 Å². The van der Waals surface area contributed by atoms with E-state index in [0.717, 1.165) is 5.56 Å². The molecule has 0 fully saturated rings. The highest BCUT2D eigenvalue weighted by molar-refractivity contribution is 9.10. The standard InChI is InChI=1S/C14H12BrF3N2O/c1-8-6-10(3-4-11(8)19)20-12-5-2-9(15)7-13(12)21-14(16,17)18/h2-7,20H,19H2,1H3. The molecule has 0 unspecified atom stereocenters. The number of nitrogens with two attached hydrogens (primary N) is 1. The predicted octanol–water partition coefficient (Wildman–Crippen LogP) is 4.98. The maximum Gasteiger partial charge on any atom is 0.573 e. The number of nitrogens with one attached hydrogen (secondary N) is 1. The van der Waals surface area contributed by atoms with E-state index in [-0.39, 0.29) is 11.4 Å². The molecular formula is C14H12BrF3N2O. The van der Waals surface area contributed by atoms with Gasteiger partial charge >= 0.3 is 6.36 Å². The van der Waals surface area contributed by atoms with E-state index in [1.807, 2.05) is 6.92 Å². The summed E-state index contributed by atoms with van der Waals surface area (Å²) in [4.78, 5) is 0. The van der Waals surface area contributed by atoms with Crippen molar-refractivity contribution in [2.45, 2.75) is 13.3 Å². The van der Waals surface area contributed by atoms with Crippen molar-refractivity contribution in [1.29, 1.82) is 0 Å². The van der Waals surface area contributed by atoms with Crippen LogP contribution in [0.4, 0.5) is 30.2 Å². The van der Waals surface area contributed by atoms with Gasteiger partial charge in [-0.15, -0.1) is 13.2 Å². The highest BCUT2D eigenvalue weighted by Gasteiger charge is 2.32. The van der Waals surface area contributed by atoms with Crippen molar-refractivity contribution in [2.24, 2.45) is 0 Å². The molecule has 0 bridgehead atoms. The molecule has 7 heteroatoms. The minimum Gasteiger partial charge on any atom is -0.404 e. The van der Waals surface area contributed by atoms with Crippen LogP contribution in [0.2, 0.25) is 0 Å². The number of halogens is 4. The second-order valence-electron chi connectivity index (χ2n) is 4.38. The number of ether oxygens (including phenoxy) is 1. The molecule has 2 rings (SSSR count). The number of anilines is 3. The van der Waals surface area contributed by atoms with Gasteiger partial charge < -0.3 is 15.8 Å². The van der Waals surface area contributed by atoms with Crippen LogP contribution in [0, 0.1) is 6.92 Å². The fourth-order valence-electron chi connectivity index (χ4n) is 1.72. The van der Waals surface area contributed by atoms with Gasteiger partial charge in [0.15, 0.2) is 5.75 Å². The van der Waals surface area contributed by atoms with E-state index in [1.54, 1.807) is 24.3 Å². The van der Waals surface area contributed by atoms with Gasteiger partial charge in [-0.2, -0.15) is 0 Å². The lowest BCUT2D eigenvalue weighted by atomic mass is 10.2. The fraction of sp³-hybridized carbons (Fsp3) is 0.143. The molecule has 0 radical (unpaired) electrons. The van der Waals surface area contributed by atoms with E-state index in [4.69, 9.17) is 5.73 Å². The molecule has 2 aromatic rings. The van der Waals surface area contributed by atoms with Crippen molar-refractivity contribution < 1.29 is 17.9 Å². The summed E-state index contributed by atoms with van der Waals surface area (Å²) < 4.78 is 41.8. The van der Waals surface area contributed by atoms with E-state index < -0.39 is 6.36 Å². The third-order valence-electron chi connectivity index (χ3n) is 2.72. The van der Waals surface area contributed by atoms with E-state index in [9.17, 15) is 13.2 Å². The summed E-state index contributed by atoms with van der Waals surface area (Å²) in [5.74, 6) is -0.314. The normalized spacial score (nSPS) is 11.3. The van der Waals surface area contributed by atoms with Crippen molar-refractivity contribution >= 4 is 33.0 Å². The predicted molar refractivity (Wildman–Crippen MR) is 79.7 cm³/mol. The summed E-state index contributed by atoms with van der Waals surface area (Å²) in [6.07, 6.45) is -4.76. The third-order valence-corrected chi connectivity index (χ3v) is 3.21. The summed E-state index contributed by atoms with van der Waals surface area (Å²) in [6, 6.07) is 9.48. The second kappa shape index (κ2) is 5.85. The van der Waals surface area contributed by atoms with Gasteiger partial charge in [0.25, 0.3) is 0 Å². The average molecular weight is 361 g/mol. The van der Waals surface area contributed by atoms with Crippen molar-refractivity contribution in [2.75, 3.05) is 11.1 Å². The van der Waals surface area contributed by atoms with Crippen LogP contribution in [0.1, 0.15) is 5.56 Å². The van der Waals surface area contributed by atoms with Gasteiger partial charge in [-0.05, 0) is 48.9 Å². The van der Waals surface area contributed by atoms with E-state index in [0.29, 0.717) is 15.8 Å². The zero-order valence-corrected chi connectivity index (χ0v) is 12.5. The molecule has 0 aliphatic heterocycles. The Bertz CT molecular complexity index is 659. The summed E-state index contributed by atoms with van der Waals surface area (Å²) in [6.45, 7) is 1.81. The van der Waals surface area contributed by atoms with Crippen LogP contribution in [0.3, 0.4) is 0 Å². The zero-order chi connectivity index (χ0) is 15.6. The Hall–Kier alpha value is -1.89. The van der Waals surface area contributed by atoms with Crippen molar-refractivity contribution in [3.8, 4) is 5.75 Å². The van der Waals surface area contributed by atoms with Crippen LogP contribution < -0.4 is 15.8 Å². The molecular weight excluding hydrogens is 349 g/mol. The molecule has 0 aliphatic carbocycles. The van der Waals surface area contributed by atoms with Gasteiger partial charge in [0.05, 0.1) is 5.69 Å². The molecule has 0 atom stereocenters. The lowest BCUT2D eigenvalue weighted by Gasteiger charge is -2.15.